The van der Waals surface area contributed by atoms with E-state index in [1.54, 1.807) is 50.3 Å². The van der Waals surface area contributed by atoms with Crippen molar-refractivity contribution < 1.29 is 14.4 Å². The first-order chi connectivity index (χ1) is 10.4. The van der Waals surface area contributed by atoms with Crippen molar-refractivity contribution in [3.63, 3.8) is 0 Å². The maximum Gasteiger partial charge on any atom is 0.254 e. The molecule has 1 aromatic carbocycles. The van der Waals surface area contributed by atoms with Crippen LogP contribution in [0.15, 0.2) is 24.3 Å². The van der Waals surface area contributed by atoms with Gasteiger partial charge in [0.15, 0.2) is 0 Å². The second kappa shape index (κ2) is 6.60. The SMILES string of the molecule is CN(C)C(=O)CN(C)C(=O)c1ccc(N2CCCC2=O)cc1. The Morgan fingerprint density at radius 3 is 2.27 bits per heavy atom. The minimum absolute atomic E-state index is 0.0399. The third-order valence-corrected chi connectivity index (χ3v) is 3.72. The Balaban J connectivity index is 2.04. The molecule has 6 nitrogen and oxygen atoms in total. The van der Waals surface area contributed by atoms with E-state index in [2.05, 4.69) is 0 Å². The molecular weight excluding hydrogens is 282 g/mol. The molecule has 0 aromatic heterocycles. The number of nitrogens with zero attached hydrogens (tertiary/aromatic N) is 3. The first-order valence-corrected chi connectivity index (χ1v) is 7.26. The Morgan fingerprint density at radius 1 is 1.14 bits per heavy atom. The highest BCUT2D eigenvalue weighted by molar-refractivity contribution is 5.98. The van der Waals surface area contributed by atoms with Gasteiger partial charge in [0.25, 0.3) is 5.91 Å². The van der Waals surface area contributed by atoms with Crippen LogP contribution in [0.2, 0.25) is 0 Å². The van der Waals surface area contributed by atoms with Gasteiger partial charge < -0.3 is 14.7 Å². The number of carbonyl (C=O) groups excluding carboxylic acids is 3. The van der Waals surface area contributed by atoms with Crippen molar-refractivity contribution in [2.75, 3.05) is 39.1 Å². The average Bonchev–Trinajstić information content (AvgIpc) is 2.92. The van der Waals surface area contributed by atoms with Crippen LogP contribution >= 0.6 is 0 Å². The Bertz CT molecular complexity index is 581. The number of benzene rings is 1. The first-order valence-electron chi connectivity index (χ1n) is 7.26. The third-order valence-electron chi connectivity index (χ3n) is 3.72. The van der Waals surface area contributed by atoms with Gasteiger partial charge in [0.2, 0.25) is 11.8 Å². The van der Waals surface area contributed by atoms with Crippen LogP contribution in [-0.4, -0.2) is 61.8 Å². The van der Waals surface area contributed by atoms with E-state index in [-0.39, 0.29) is 24.3 Å². The van der Waals surface area contributed by atoms with Crippen molar-refractivity contribution in [1.82, 2.24) is 9.80 Å². The van der Waals surface area contributed by atoms with E-state index in [1.807, 2.05) is 0 Å². The summed E-state index contributed by atoms with van der Waals surface area (Å²) in [4.78, 5) is 40.2. The third kappa shape index (κ3) is 3.44. The number of hydrogen-bond donors (Lipinski definition) is 0. The lowest BCUT2D eigenvalue weighted by molar-refractivity contribution is -0.129. The van der Waals surface area contributed by atoms with Crippen LogP contribution in [0.3, 0.4) is 0 Å². The maximum atomic E-state index is 12.3. The Hall–Kier alpha value is -2.37. The minimum atomic E-state index is -0.213. The van der Waals surface area contributed by atoms with E-state index in [9.17, 15) is 14.4 Å². The smallest absolute Gasteiger partial charge is 0.254 e. The van der Waals surface area contributed by atoms with Gasteiger partial charge in [-0.05, 0) is 30.7 Å². The molecule has 6 heteroatoms. The second-order valence-electron chi connectivity index (χ2n) is 5.65. The van der Waals surface area contributed by atoms with Crippen LogP contribution in [0.4, 0.5) is 5.69 Å². The lowest BCUT2D eigenvalue weighted by Gasteiger charge is -2.20. The fourth-order valence-electron chi connectivity index (χ4n) is 2.34. The molecule has 1 aliphatic heterocycles. The summed E-state index contributed by atoms with van der Waals surface area (Å²) in [6.07, 6.45) is 1.45. The summed E-state index contributed by atoms with van der Waals surface area (Å²) in [6.45, 7) is 0.765. The quantitative estimate of drug-likeness (QED) is 0.833. The molecule has 2 rings (SSSR count). The standard InChI is InChI=1S/C16H21N3O3/c1-17(2)15(21)11-18(3)16(22)12-6-8-13(9-7-12)19-10-4-5-14(19)20/h6-9H,4-5,10-11H2,1-3H3. The summed E-state index contributed by atoms with van der Waals surface area (Å²) in [7, 11) is 4.91. The van der Waals surface area contributed by atoms with Crippen molar-refractivity contribution in [2.24, 2.45) is 0 Å². The maximum absolute atomic E-state index is 12.3. The Kier molecular flexibility index (Phi) is 4.80. The van der Waals surface area contributed by atoms with Gasteiger partial charge in [0.05, 0.1) is 6.54 Å². The predicted molar refractivity (Wildman–Crippen MR) is 83.7 cm³/mol. The first kappa shape index (κ1) is 16.0. The number of amides is 3. The van der Waals surface area contributed by atoms with E-state index in [1.165, 1.54) is 9.80 Å². The van der Waals surface area contributed by atoms with Crippen LogP contribution in [0.5, 0.6) is 0 Å². The summed E-state index contributed by atoms with van der Waals surface area (Å²) in [5.41, 5.74) is 1.32. The lowest BCUT2D eigenvalue weighted by atomic mass is 10.1. The van der Waals surface area contributed by atoms with E-state index < -0.39 is 0 Å². The van der Waals surface area contributed by atoms with Crippen LogP contribution in [0, 0.1) is 0 Å². The molecule has 0 aliphatic carbocycles. The number of carbonyl (C=O) groups is 3. The molecule has 0 unspecified atom stereocenters. The summed E-state index contributed by atoms with van der Waals surface area (Å²) < 4.78 is 0. The fourth-order valence-corrected chi connectivity index (χ4v) is 2.34. The van der Waals surface area contributed by atoms with Crippen LogP contribution in [0.25, 0.3) is 0 Å². The van der Waals surface area contributed by atoms with E-state index in [4.69, 9.17) is 0 Å². The Morgan fingerprint density at radius 2 is 1.77 bits per heavy atom. The van der Waals surface area contributed by atoms with Crippen molar-refractivity contribution in [3.05, 3.63) is 29.8 Å². The van der Waals surface area contributed by atoms with Crippen molar-refractivity contribution >= 4 is 23.4 Å². The number of anilines is 1. The molecular formula is C16H21N3O3. The van der Waals surface area contributed by atoms with Crippen LogP contribution < -0.4 is 4.90 Å². The molecule has 0 saturated carbocycles. The molecule has 118 valence electrons. The van der Waals surface area contributed by atoms with Crippen molar-refractivity contribution in [3.8, 4) is 0 Å². The predicted octanol–water partition coefficient (Wildman–Crippen LogP) is 0.974. The number of likely N-dealkylation sites (N-methyl/N-ethyl adjacent to an activating group) is 2. The van der Waals surface area contributed by atoms with E-state index in [0.717, 1.165) is 18.7 Å². The zero-order chi connectivity index (χ0) is 16.3. The molecule has 1 heterocycles. The van der Waals surface area contributed by atoms with E-state index in [0.29, 0.717) is 12.0 Å². The molecule has 3 amide bonds. The normalized spacial score (nSPS) is 14.1. The Labute approximate surface area is 130 Å². The molecule has 0 N–H and O–H groups in total. The zero-order valence-corrected chi connectivity index (χ0v) is 13.2. The van der Waals surface area contributed by atoms with Gasteiger partial charge in [-0.25, -0.2) is 0 Å². The lowest BCUT2D eigenvalue weighted by Crippen LogP contribution is -2.37. The molecule has 22 heavy (non-hydrogen) atoms. The van der Waals surface area contributed by atoms with Gasteiger partial charge in [0.1, 0.15) is 0 Å². The van der Waals surface area contributed by atoms with E-state index >= 15 is 0 Å². The zero-order valence-electron chi connectivity index (χ0n) is 13.2. The van der Waals surface area contributed by atoms with Crippen molar-refractivity contribution in [1.29, 1.82) is 0 Å². The monoisotopic (exact) mass is 303 g/mol. The number of rotatable bonds is 4. The summed E-state index contributed by atoms with van der Waals surface area (Å²) in [5, 5.41) is 0. The molecule has 1 fully saturated rings. The minimum Gasteiger partial charge on any atom is -0.347 e. The highest BCUT2D eigenvalue weighted by Crippen LogP contribution is 2.21. The van der Waals surface area contributed by atoms with Gasteiger partial charge in [0, 0.05) is 45.4 Å². The molecule has 0 radical (unpaired) electrons. The summed E-state index contributed by atoms with van der Waals surface area (Å²) >= 11 is 0. The molecule has 1 saturated heterocycles. The van der Waals surface area contributed by atoms with Gasteiger partial charge in [-0.15, -0.1) is 0 Å². The average molecular weight is 303 g/mol. The van der Waals surface area contributed by atoms with Gasteiger partial charge >= 0.3 is 0 Å². The summed E-state index contributed by atoms with van der Waals surface area (Å²) in [6, 6.07) is 6.94. The molecule has 0 spiro atoms. The molecule has 1 aliphatic rings. The van der Waals surface area contributed by atoms with Crippen molar-refractivity contribution in [2.45, 2.75) is 12.8 Å². The van der Waals surface area contributed by atoms with Gasteiger partial charge in [-0.2, -0.15) is 0 Å². The van der Waals surface area contributed by atoms with Gasteiger partial charge in [-0.3, -0.25) is 14.4 Å². The molecule has 0 atom stereocenters. The second-order valence-corrected chi connectivity index (χ2v) is 5.65. The molecule has 1 aromatic rings. The van der Waals surface area contributed by atoms with Crippen LogP contribution in [-0.2, 0) is 9.59 Å². The number of hydrogen-bond acceptors (Lipinski definition) is 3. The summed E-state index contributed by atoms with van der Waals surface area (Å²) in [5.74, 6) is -0.225. The van der Waals surface area contributed by atoms with Crippen LogP contribution in [0.1, 0.15) is 23.2 Å². The largest absolute Gasteiger partial charge is 0.347 e. The topological polar surface area (TPSA) is 60.9 Å². The highest BCUT2D eigenvalue weighted by atomic mass is 16.2. The fraction of sp³-hybridized carbons (Fsp3) is 0.438. The highest BCUT2D eigenvalue weighted by Gasteiger charge is 2.22. The molecule has 0 bridgehead atoms. The van der Waals surface area contributed by atoms with Gasteiger partial charge in [-0.1, -0.05) is 0 Å².